The smallest absolute Gasteiger partial charge is 0.273 e. The first-order valence-corrected chi connectivity index (χ1v) is 8.15. The van der Waals surface area contributed by atoms with Crippen molar-refractivity contribution in [2.45, 2.75) is 0 Å². The lowest BCUT2D eigenvalue weighted by atomic mass is 10.2. The summed E-state index contributed by atoms with van der Waals surface area (Å²) in [5.41, 5.74) is 5.22. The molecule has 2 aromatic rings. The zero-order valence-corrected chi connectivity index (χ0v) is 14.4. The monoisotopic (exact) mass is 361 g/mol. The van der Waals surface area contributed by atoms with Crippen molar-refractivity contribution >= 4 is 46.6 Å². The van der Waals surface area contributed by atoms with Crippen molar-refractivity contribution in [3.05, 3.63) is 58.3 Å². The van der Waals surface area contributed by atoms with Gasteiger partial charge in [-0.25, -0.2) is 0 Å². The van der Waals surface area contributed by atoms with Gasteiger partial charge < -0.3 is 4.74 Å². The maximum Gasteiger partial charge on any atom is 0.273 e. The molecule has 3 N–H and O–H groups in total. The molecule has 2 rings (SSSR count). The molecule has 0 aliphatic heterocycles. The Labute approximate surface area is 148 Å². The van der Waals surface area contributed by atoms with Gasteiger partial charge in [-0.1, -0.05) is 18.2 Å². The zero-order valence-electron chi connectivity index (χ0n) is 12.7. The van der Waals surface area contributed by atoms with Crippen LogP contribution in [0.15, 0.2) is 47.9 Å². The molecular weight excluding hydrogens is 346 g/mol. The number of carbonyl (C=O) groups is 2. The SMILES string of the molecule is COc1ccccc1C(=O)NNC(=S)NC(=O)/C=C/c1cccs1. The number of methoxy groups -OCH3 is 1. The first kappa shape index (κ1) is 17.6. The third-order valence-electron chi connectivity index (χ3n) is 2.82. The Balaban J connectivity index is 1.82. The van der Waals surface area contributed by atoms with Crippen LogP contribution in [0, 0.1) is 0 Å². The Morgan fingerprint density at radius 3 is 2.67 bits per heavy atom. The fourth-order valence-electron chi connectivity index (χ4n) is 1.74. The van der Waals surface area contributed by atoms with E-state index in [4.69, 9.17) is 17.0 Å². The summed E-state index contributed by atoms with van der Waals surface area (Å²) >= 11 is 6.47. The molecule has 24 heavy (non-hydrogen) atoms. The summed E-state index contributed by atoms with van der Waals surface area (Å²) in [6, 6.07) is 10.5. The highest BCUT2D eigenvalue weighted by molar-refractivity contribution is 7.80. The molecule has 124 valence electrons. The van der Waals surface area contributed by atoms with Crippen molar-refractivity contribution < 1.29 is 14.3 Å². The van der Waals surface area contributed by atoms with Crippen LogP contribution in [0.25, 0.3) is 6.08 Å². The lowest BCUT2D eigenvalue weighted by Gasteiger charge is -2.11. The van der Waals surface area contributed by atoms with Gasteiger partial charge in [-0.15, -0.1) is 11.3 Å². The fourth-order valence-corrected chi connectivity index (χ4v) is 2.51. The molecule has 1 heterocycles. The molecule has 0 spiro atoms. The minimum absolute atomic E-state index is 0.0147. The summed E-state index contributed by atoms with van der Waals surface area (Å²) < 4.78 is 5.11. The van der Waals surface area contributed by atoms with Gasteiger partial charge in [0.05, 0.1) is 12.7 Å². The summed E-state index contributed by atoms with van der Waals surface area (Å²) in [6.45, 7) is 0. The standard InChI is InChI=1S/C16H15N3O3S2/c1-22-13-7-3-2-6-12(13)15(21)18-19-16(23)17-14(20)9-8-11-5-4-10-24-11/h2-10H,1H3,(H,18,21)(H2,17,19,20,23)/b9-8+. The average Bonchev–Trinajstić information content (AvgIpc) is 3.11. The van der Waals surface area contributed by atoms with Crippen LogP contribution in [0.3, 0.4) is 0 Å². The maximum atomic E-state index is 12.1. The number of thiocarbonyl (C=S) groups is 1. The third-order valence-corrected chi connectivity index (χ3v) is 3.86. The van der Waals surface area contributed by atoms with Gasteiger partial charge in [0.2, 0.25) is 5.91 Å². The highest BCUT2D eigenvalue weighted by Crippen LogP contribution is 2.16. The Morgan fingerprint density at radius 2 is 1.96 bits per heavy atom. The first-order valence-electron chi connectivity index (χ1n) is 6.86. The minimum atomic E-state index is -0.432. The number of amides is 2. The highest BCUT2D eigenvalue weighted by atomic mass is 32.1. The van der Waals surface area contributed by atoms with Crippen LogP contribution in [-0.2, 0) is 4.79 Å². The lowest BCUT2D eigenvalue weighted by Crippen LogP contribution is -2.48. The van der Waals surface area contributed by atoms with Gasteiger partial charge in [0.15, 0.2) is 5.11 Å². The number of hydrogen-bond donors (Lipinski definition) is 3. The predicted octanol–water partition coefficient (Wildman–Crippen LogP) is 2.11. The highest BCUT2D eigenvalue weighted by Gasteiger charge is 2.11. The third kappa shape index (κ3) is 5.18. The number of para-hydroxylation sites is 1. The van der Waals surface area contributed by atoms with Crippen molar-refractivity contribution in [3.8, 4) is 5.75 Å². The van der Waals surface area contributed by atoms with Gasteiger partial charge in [-0.2, -0.15) is 0 Å². The molecule has 0 saturated carbocycles. The number of benzene rings is 1. The quantitative estimate of drug-likeness (QED) is 0.442. The van der Waals surface area contributed by atoms with Crippen LogP contribution in [0.1, 0.15) is 15.2 Å². The molecule has 6 nitrogen and oxygen atoms in total. The Hall–Kier alpha value is -2.71. The molecule has 1 aromatic carbocycles. The number of thiophene rings is 1. The van der Waals surface area contributed by atoms with E-state index in [1.165, 1.54) is 24.5 Å². The van der Waals surface area contributed by atoms with Crippen molar-refractivity contribution in [2.24, 2.45) is 0 Å². The van der Waals surface area contributed by atoms with E-state index >= 15 is 0 Å². The molecule has 1 aromatic heterocycles. The van der Waals surface area contributed by atoms with Crippen molar-refractivity contribution in [2.75, 3.05) is 7.11 Å². The molecule has 0 atom stereocenters. The van der Waals surface area contributed by atoms with Crippen LogP contribution in [-0.4, -0.2) is 24.0 Å². The van der Waals surface area contributed by atoms with Crippen LogP contribution < -0.4 is 20.9 Å². The predicted molar refractivity (Wildman–Crippen MR) is 97.7 cm³/mol. The lowest BCUT2D eigenvalue weighted by molar-refractivity contribution is -0.115. The van der Waals surface area contributed by atoms with E-state index in [2.05, 4.69) is 16.2 Å². The van der Waals surface area contributed by atoms with Gasteiger partial charge in [-0.3, -0.25) is 25.8 Å². The average molecular weight is 361 g/mol. The summed E-state index contributed by atoms with van der Waals surface area (Å²) in [5, 5.41) is 4.33. The Morgan fingerprint density at radius 1 is 1.17 bits per heavy atom. The van der Waals surface area contributed by atoms with E-state index in [1.54, 1.807) is 30.3 Å². The Kier molecular flexibility index (Phi) is 6.47. The number of carbonyl (C=O) groups excluding carboxylic acids is 2. The van der Waals surface area contributed by atoms with Crippen molar-refractivity contribution in [1.29, 1.82) is 0 Å². The topological polar surface area (TPSA) is 79.5 Å². The maximum absolute atomic E-state index is 12.1. The Bertz CT molecular complexity index is 758. The number of hydrazine groups is 1. The van der Waals surface area contributed by atoms with Crippen LogP contribution in [0.2, 0.25) is 0 Å². The van der Waals surface area contributed by atoms with E-state index in [9.17, 15) is 9.59 Å². The fraction of sp³-hybridized carbons (Fsp3) is 0.0625. The normalized spacial score (nSPS) is 10.2. The van der Waals surface area contributed by atoms with E-state index < -0.39 is 11.8 Å². The van der Waals surface area contributed by atoms with Crippen LogP contribution in [0.5, 0.6) is 5.75 Å². The molecule has 0 saturated heterocycles. The second kappa shape index (κ2) is 8.80. The minimum Gasteiger partial charge on any atom is -0.496 e. The molecular formula is C16H15N3O3S2. The van der Waals surface area contributed by atoms with Crippen LogP contribution >= 0.6 is 23.6 Å². The van der Waals surface area contributed by atoms with E-state index in [-0.39, 0.29) is 5.11 Å². The molecule has 0 aliphatic carbocycles. The molecule has 0 unspecified atom stereocenters. The molecule has 2 amide bonds. The van der Waals surface area contributed by atoms with E-state index in [1.807, 2.05) is 17.5 Å². The summed E-state index contributed by atoms with van der Waals surface area (Å²) in [5.74, 6) is -0.392. The summed E-state index contributed by atoms with van der Waals surface area (Å²) in [4.78, 5) is 24.7. The second-order valence-corrected chi connectivity index (χ2v) is 5.83. The van der Waals surface area contributed by atoms with E-state index in [0.29, 0.717) is 11.3 Å². The van der Waals surface area contributed by atoms with Crippen molar-refractivity contribution in [3.63, 3.8) is 0 Å². The largest absolute Gasteiger partial charge is 0.496 e. The number of ether oxygens (including phenoxy) is 1. The molecule has 0 fully saturated rings. The van der Waals surface area contributed by atoms with Gasteiger partial charge in [0, 0.05) is 11.0 Å². The second-order valence-electron chi connectivity index (χ2n) is 4.45. The van der Waals surface area contributed by atoms with Gasteiger partial charge in [0.25, 0.3) is 5.91 Å². The summed E-state index contributed by atoms with van der Waals surface area (Å²) in [7, 11) is 1.48. The number of rotatable bonds is 4. The first-order chi connectivity index (χ1) is 11.6. The zero-order chi connectivity index (χ0) is 17.4. The van der Waals surface area contributed by atoms with Gasteiger partial charge in [0.1, 0.15) is 5.75 Å². The van der Waals surface area contributed by atoms with Crippen molar-refractivity contribution in [1.82, 2.24) is 16.2 Å². The molecule has 0 aliphatic rings. The summed E-state index contributed by atoms with van der Waals surface area (Å²) in [6.07, 6.45) is 3.04. The van der Waals surface area contributed by atoms with E-state index in [0.717, 1.165) is 4.88 Å². The van der Waals surface area contributed by atoms with Gasteiger partial charge >= 0.3 is 0 Å². The number of hydrogen-bond acceptors (Lipinski definition) is 5. The van der Waals surface area contributed by atoms with Gasteiger partial charge in [-0.05, 0) is 41.9 Å². The van der Waals surface area contributed by atoms with Crippen LogP contribution in [0.4, 0.5) is 0 Å². The molecule has 8 heteroatoms. The molecule has 0 radical (unpaired) electrons. The number of nitrogens with one attached hydrogen (secondary N) is 3. The molecule has 0 bridgehead atoms.